The zero-order chi connectivity index (χ0) is 20.3. The molecule has 0 radical (unpaired) electrons. The second kappa shape index (κ2) is 7.93. The monoisotopic (exact) mass is 402 g/mol. The van der Waals surface area contributed by atoms with Crippen molar-refractivity contribution in [3.8, 4) is 11.5 Å². The van der Waals surface area contributed by atoms with Crippen molar-refractivity contribution < 1.29 is 27.8 Å². The Kier molecular flexibility index (Phi) is 5.60. The molecule has 0 fully saturated rings. The summed E-state index contributed by atoms with van der Waals surface area (Å²) >= 11 is 0. The van der Waals surface area contributed by atoms with Crippen LogP contribution >= 0.6 is 0 Å². The molecule has 0 aliphatic carbocycles. The maximum absolute atomic E-state index is 13.5. The molecule has 2 aromatic carbocycles. The Labute approximate surface area is 163 Å². The standard InChI is InChI=1S/C20H21NO6S/c1-26-17-12-14(9-10-19(22)23)13-18(20(17)27-2)28(24,25)21-11-5-7-15-6-3-4-8-16(15)21/h3-4,6,8-10,12-13H,5,7,11H2,1-2H3,(H,22,23)/p-1/b10-9+. The first-order chi connectivity index (χ1) is 13.4. The van der Waals surface area contributed by atoms with Crippen LogP contribution in [0, 0.1) is 0 Å². The van der Waals surface area contributed by atoms with E-state index in [2.05, 4.69) is 0 Å². The van der Waals surface area contributed by atoms with Gasteiger partial charge in [0.1, 0.15) is 4.90 Å². The minimum absolute atomic E-state index is 0.0659. The summed E-state index contributed by atoms with van der Waals surface area (Å²) in [4.78, 5) is 10.6. The largest absolute Gasteiger partial charge is 0.545 e. The number of hydrogen-bond donors (Lipinski definition) is 0. The second-order valence-electron chi connectivity index (χ2n) is 6.22. The highest BCUT2D eigenvalue weighted by Crippen LogP contribution is 2.40. The lowest BCUT2D eigenvalue weighted by atomic mass is 10.0. The lowest BCUT2D eigenvalue weighted by Crippen LogP contribution is -2.35. The first kappa shape index (κ1) is 19.8. The van der Waals surface area contributed by atoms with Crippen molar-refractivity contribution in [3.63, 3.8) is 0 Å². The highest BCUT2D eigenvalue weighted by atomic mass is 32.2. The van der Waals surface area contributed by atoms with Gasteiger partial charge in [-0.25, -0.2) is 8.42 Å². The molecule has 0 saturated heterocycles. The average Bonchev–Trinajstić information content (AvgIpc) is 2.70. The van der Waals surface area contributed by atoms with Gasteiger partial charge in [-0.15, -0.1) is 0 Å². The minimum Gasteiger partial charge on any atom is -0.545 e. The molecule has 8 heteroatoms. The molecule has 0 unspecified atom stereocenters. The zero-order valence-electron chi connectivity index (χ0n) is 15.5. The van der Waals surface area contributed by atoms with Gasteiger partial charge in [0.2, 0.25) is 0 Å². The summed E-state index contributed by atoms with van der Waals surface area (Å²) in [7, 11) is -1.24. The summed E-state index contributed by atoms with van der Waals surface area (Å²) in [5.74, 6) is -1.13. The Hall–Kier alpha value is -3.00. The lowest BCUT2D eigenvalue weighted by Gasteiger charge is -2.31. The van der Waals surface area contributed by atoms with Crippen molar-refractivity contribution in [2.24, 2.45) is 0 Å². The molecule has 1 heterocycles. The van der Waals surface area contributed by atoms with Gasteiger partial charge in [0.05, 0.1) is 25.9 Å². The third kappa shape index (κ3) is 3.68. The van der Waals surface area contributed by atoms with E-state index in [-0.39, 0.29) is 16.4 Å². The smallest absolute Gasteiger partial charge is 0.268 e. The molecule has 28 heavy (non-hydrogen) atoms. The predicted octanol–water partition coefficient (Wildman–Crippen LogP) is 1.61. The van der Waals surface area contributed by atoms with Gasteiger partial charge in [0, 0.05) is 6.54 Å². The average molecular weight is 402 g/mol. The summed E-state index contributed by atoms with van der Waals surface area (Å²) in [5.41, 5.74) is 1.92. The van der Waals surface area contributed by atoms with Crippen molar-refractivity contribution in [1.29, 1.82) is 0 Å². The molecule has 2 aromatic rings. The Morgan fingerprint density at radius 2 is 1.93 bits per heavy atom. The number of rotatable bonds is 6. The Balaban J connectivity index is 2.18. The lowest BCUT2D eigenvalue weighted by molar-refractivity contribution is -0.297. The Morgan fingerprint density at radius 3 is 2.61 bits per heavy atom. The normalized spacial score (nSPS) is 14.0. The summed E-state index contributed by atoms with van der Waals surface area (Å²) in [6.07, 6.45) is 3.57. The molecule has 0 atom stereocenters. The van der Waals surface area contributed by atoms with Crippen LogP contribution in [0.1, 0.15) is 17.5 Å². The van der Waals surface area contributed by atoms with Gasteiger partial charge >= 0.3 is 0 Å². The van der Waals surface area contributed by atoms with Gasteiger partial charge in [-0.3, -0.25) is 4.31 Å². The van der Waals surface area contributed by atoms with E-state index in [1.54, 1.807) is 12.1 Å². The van der Waals surface area contributed by atoms with E-state index < -0.39 is 16.0 Å². The van der Waals surface area contributed by atoms with E-state index in [0.717, 1.165) is 18.1 Å². The topological polar surface area (TPSA) is 96.0 Å². The molecule has 0 aromatic heterocycles. The van der Waals surface area contributed by atoms with E-state index in [1.807, 2.05) is 12.1 Å². The number of sulfonamides is 1. The van der Waals surface area contributed by atoms with Crippen LogP contribution in [0.4, 0.5) is 5.69 Å². The van der Waals surface area contributed by atoms with Crippen LogP contribution in [-0.2, 0) is 21.2 Å². The summed E-state index contributed by atoms with van der Waals surface area (Å²) in [5, 5.41) is 10.7. The number of hydrogen-bond acceptors (Lipinski definition) is 6. The maximum atomic E-state index is 13.5. The van der Waals surface area contributed by atoms with Gasteiger partial charge < -0.3 is 19.4 Å². The van der Waals surface area contributed by atoms with Crippen molar-refractivity contribution in [2.75, 3.05) is 25.1 Å². The van der Waals surface area contributed by atoms with E-state index >= 15 is 0 Å². The van der Waals surface area contributed by atoms with Crippen LogP contribution in [-0.4, -0.2) is 35.2 Å². The molecule has 1 aliphatic rings. The number of fused-ring (bicyclic) bond motifs is 1. The van der Waals surface area contributed by atoms with Crippen LogP contribution < -0.4 is 18.9 Å². The third-order valence-electron chi connectivity index (χ3n) is 4.51. The first-order valence-corrected chi connectivity index (χ1v) is 10.1. The van der Waals surface area contributed by atoms with Gasteiger partial charge in [-0.1, -0.05) is 24.3 Å². The fourth-order valence-corrected chi connectivity index (χ4v) is 5.02. The number of aliphatic carboxylic acids is 1. The number of carbonyl (C=O) groups is 1. The fourth-order valence-electron chi connectivity index (χ4n) is 3.27. The van der Waals surface area contributed by atoms with Crippen molar-refractivity contribution >= 4 is 27.8 Å². The molecule has 0 saturated carbocycles. The molecule has 1 aliphatic heterocycles. The van der Waals surface area contributed by atoms with E-state index in [4.69, 9.17) is 9.47 Å². The highest BCUT2D eigenvalue weighted by Gasteiger charge is 2.33. The zero-order valence-corrected chi connectivity index (χ0v) is 16.4. The molecule has 0 bridgehead atoms. The molecule has 148 valence electrons. The third-order valence-corrected chi connectivity index (χ3v) is 6.33. The molecular formula is C20H20NO6S-. The molecular weight excluding hydrogens is 382 g/mol. The van der Waals surface area contributed by atoms with Crippen LogP contribution in [0.25, 0.3) is 6.08 Å². The number of carboxylic acids is 1. The molecule has 3 rings (SSSR count). The Morgan fingerprint density at radius 1 is 1.18 bits per heavy atom. The molecule has 0 amide bonds. The SMILES string of the molecule is COc1cc(/C=C/C(=O)[O-])cc(S(=O)(=O)N2CCCc3ccccc32)c1OC. The fraction of sp³-hybridized carbons (Fsp3) is 0.250. The van der Waals surface area contributed by atoms with Gasteiger partial charge in [-0.05, 0) is 48.2 Å². The van der Waals surface area contributed by atoms with Crippen molar-refractivity contribution in [2.45, 2.75) is 17.7 Å². The van der Waals surface area contributed by atoms with Crippen LogP contribution in [0.2, 0.25) is 0 Å². The number of para-hydroxylation sites is 1. The molecule has 0 N–H and O–H groups in total. The maximum Gasteiger partial charge on any atom is 0.268 e. The second-order valence-corrected chi connectivity index (χ2v) is 8.05. The van der Waals surface area contributed by atoms with Crippen LogP contribution in [0.15, 0.2) is 47.4 Å². The number of nitrogens with zero attached hydrogens (tertiary/aromatic N) is 1. The first-order valence-electron chi connectivity index (χ1n) is 8.64. The Bertz CT molecular complexity index is 1030. The van der Waals surface area contributed by atoms with E-state index in [9.17, 15) is 18.3 Å². The highest BCUT2D eigenvalue weighted by molar-refractivity contribution is 7.93. The summed E-state index contributed by atoms with van der Waals surface area (Å²) in [6, 6.07) is 10.2. The number of methoxy groups -OCH3 is 2. The number of carboxylic acid groups (broad SMARTS) is 1. The van der Waals surface area contributed by atoms with Gasteiger partial charge in [-0.2, -0.15) is 0 Å². The molecule has 7 nitrogen and oxygen atoms in total. The summed E-state index contributed by atoms with van der Waals surface area (Å²) in [6.45, 7) is 0.337. The quantitative estimate of drug-likeness (QED) is 0.681. The van der Waals surface area contributed by atoms with Gasteiger partial charge in [0.15, 0.2) is 11.5 Å². The van der Waals surface area contributed by atoms with Crippen molar-refractivity contribution in [3.05, 3.63) is 53.6 Å². The predicted molar refractivity (Wildman–Crippen MR) is 103 cm³/mol. The van der Waals surface area contributed by atoms with Crippen molar-refractivity contribution in [1.82, 2.24) is 0 Å². The number of ether oxygens (including phenoxy) is 2. The van der Waals surface area contributed by atoms with E-state index in [0.29, 0.717) is 24.2 Å². The number of anilines is 1. The minimum atomic E-state index is -3.98. The van der Waals surface area contributed by atoms with E-state index in [1.165, 1.54) is 36.7 Å². The van der Waals surface area contributed by atoms with Crippen LogP contribution in [0.3, 0.4) is 0 Å². The molecule has 0 spiro atoms. The number of aryl methyl sites for hydroxylation is 1. The number of carbonyl (C=O) groups excluding carboxylic acids is 1. The number of benzene rings is 2. The summed E-state index contributed by atoms with van der Waals surface area (Å²) < 4.78 is 39.0. The van der Waals surface area contributed by atoms with Gasteiger partial charge in [0.25, 0.3) is 10.0 Å². The van der Waals surface area contributed by atoms with Crippen LogP contribution in [0.5, 0.6) is 11.5 Å².